The van der Waals surface area contributed by atoms with E-state index in [0.29, 0.717) is 31.3 Å². The van der Waals surface area contributed by atoms with E-state index in [-0.39, 0.29) is 24.8 Å². The first kappa shape index (κ1) is 37.3. The number of rotatable bonds is 13. The summed E-state index contributed by atoms with van der Waals surface area (Å²) in [5, 5.41) is 13.1. The molecule has 1 unspecified atom stereocenters. The molecule has 4 aromatic carbocycles. The van der Waals surface area contributed by atoms with E-state index in [1.165, 1.54) is 19.3 Å². The summed E-state index contributed by atoms with van der Waals surface area (Å²) in [6.07, 6.45) is 11.1. The lowest BCUT2D eigenvalue weighted by Gasteiger charge is -2.21. The van der Waals surface area contributed by atoms with Gasteiger partial charge in [-0.25, -0.2) is 0 Å². The molecule has 0 saturated heterocycles. The number of hydrogen-bond donors (Lipinski definition) is 3. The molecule has 2 bridgehead atoms. The van der Waals surface area contributed by atoms with Crippen molar-refractivity contribution in [1.82, 2.24) is 10.2 Å². The van der Waals surface area contributed by atoms with Gasteiger partial charge in [-0.15, -0.1) is 0 Å². The Balaban J connectivity index is 0.000000166. The van der Waals surface area contributed by atoms with Crippen molar-refractivity contribution in [3.8, 4) is 0 Å². The Morgan fingerprint density at radius 2 is 1.29 bits per heavy atom. The van der Waals surface area contributed by atoms with Crippen molar-refractivity contribution in [2.24, 2.45) is 29.4 Å². The number of nitrogens with one attached hydrogen (secondary N) is 1. The number of carbonyl (C=O) groups excluding carboxylic acids is 3. The SMILES string of the molecule is NC(=O)[C@H](Cc1ccccc1)C[C@H](O)CNC(=O)C1C[C@@H]2C=C[C@H]1C2.O=CN(Cc1ccccc1)Cc1ccccc1.c1ccc2c(c1)CCC2. The molecule has 4 N–H and O–H groups in total. The largest absolute Gasteiger partial charge is 0.391 e. The number of allylic oxidation sites excluding steroid dienone is 2. The molecule has 5 atom stereocenters. The second kappa shape index (κ2) is 19.4. The molecule has 0 aromatic heterocycles. The molecule has 0 radical (unpaired) electrons. The van der Waals surface area contributed by atoms with Crippen LogP contribution in [-0.4, -0.2) is 40.9 Å². The van der Waals surface area contributed by atoms with Crippen molar-refractivity contribution >= 4 is 18.2 Å². The zero-order valence-electron chi connectivity index (χ0n) is 29.4. The van der Waals surface area contributed by atoms with Gasteiger partial charge in [0.05, 0.1) is 6.10 Å². The molecular formula is C44H51N3O4. The number of aryl methyl sites for hydroxylation is 2. The number of primary amides is 1. The number of amides is 3. The Hall–Kier alpha value is -5.01. The first-order chi connectivity index (χ1) is 24.9. The van der Waals surface area contributed by atoms with Gasteiger partial charge in [0, 0.05) is 31.5 Å². The number of nitrogens with zero attached hydrogens (tertiary/aromatic N) is 1. The molecule has 0 spiro atoms. The highest BCUT2D eigenvalue weighted by Gasteiger charge is 2.39. The second-order valence-electron chi connectivity index (χ2n) is 13.9. The summed E-state index contributed by atoms with van der Waals surface area (Å²) in [5.74, 6) is 0.0506. The lowest BCUT2D eigenvalue weighted by Crippen LogP contribution is -2.39. The fraction of sp³-hybridized carbons (Fsp3) is 0.341. The molecule has 4 aromatic rings. The smallest absolute Gasteiger partial charge is 0.223 e. The molecule has 0 heterocycles. The number of fused-ring (bicyclic) bond motifs is 3. The van der Waals surface area contributed by atoms with E-state index in [2.05, 4.69) is 41.7 Å². The normalized spacial score (nSPS) is 19.0. The van der Waals surface area contributed by atoms with Gasteiger partial charge in [0.15, 0.2) is 0 Å². The zero-order valence-corrected chi connectivity index (χ0v) is 29.4. The quantitative estimate of drug-likeness (QED) is 0.111. The van der Waals surface area contributed by atoms with Gasteiger partial charge in [0.2, 0.25) is 18.2 Å². The summed E-state index contributed by atoms with van der Waals surface area (Å²) in [6.45, 7) is 1.47. The van der Waals surface area contributed by atoms with Crippen molar-refractivity contribution in [2.45, 2.75) is 64.1 Å². The van der Waals surface area contributed by atoms with E-state index in [1.807, 2.05) is 91.0 Å². The summed E-state index contributed by atoms with van der Waals surface area (Å²) in [5.41, 5.74) is 11.9. The average molecular weight is 686 g/mol. The van der Waals surface area contributed by atoms with Crippen LogP contribution in [0.15, 0.2) is 127 Å². The second-order valence-corrected chi connectivity index (χ2v) is 13.9. The Morgan fingerprint density at radius 1 is 0.765 bits per heavy atom. The van der Waals surface area contributed by atoms with Crippen molar-refractivity contribution in [3.05, 3.63) is 155 Å². The maximum atomic E-state index is 12.3. The van der Waals surface area contributed by atoms with Crippen LogP contribution < -0.4 is 11.1 Å². The monoisotopic (exact) mass is 685 g/mol. The predicted molar refractivity (Wildman–Crippen MR) is 202 cm³/mol. The third-order valence-electron chi connectivity index (χ3n) is 10.0. The highest BCUT2D eigenvalue weighted by molar-refractivity contribution is 5.80. The van der Waals surface area contributed by atoms with E-state index in [0.717, 1.165) is 35.9 Å². The van der Waals surface area contributed by atoms with Crippen molar-refractivity contribution in [3.63, 3.8) is 0 Å². The van der Waals surface area contributed by atoms with Crippen LogP contribution in [0.1, 0.15) is 53.5 Å². The number of hydrogen-bond acceptors (Lipinski definition) is 4. The molecule has 7 nitrogen and oxygen atoms in total. The number of nitrogens with two attached hydrogens (primary N) is 1. The van der Waals surface area contributed by atoms with E-state index >= 15 is 0 Å². The van der Waals surface area contributed by atoms with Gasteiger partial charge >= 0.3 is 0 Å². The first-order valence-corrected chi connectivity index (χ1v) is 18.2. The molecule has 51 heavy (non-hydrogen) atoms. The predicted octanol–water partition coefficient (Wildman–Crippen LogP) is 6.43. The van der Waals surface area contributed by atoms with Crippen LogP contribution >= 0.6 is 0 Å². The Bertz CT molecular complexity index is 1630. The van der Waals surface area contributed by atoms with Gasteiger partial charge in [0.1, 0.15) is 0 Å². The van der Waals surface area contributed by atoms with E-state index < -0.39 is 17.9 Å². The highest BCUT2D eigenvalue weighted by atomic mass is 16.3. The van der Waals surface area contributed by atoms with Gasteiger partial charge in [-0.1, -0.05) is 127 Å². The van der Waals surface area contributed by atoms with E-state index in [4.69, 9.17) is 5.73 Å². The molecular weight excluding hydrogens is 635 g/mol. The minimum absolute atomic E-state index is 0.00887. The zero-order chi connectivity index (χ0) is 35.8. The third-order valence-corrected chi connectivity index (χ3v) is 10.0. The summed E-state index contributed by atoms with van der Waals surface area (Å²) in [7, 11) is 0. The number of benzene rings is 4. The summed E-state index contributed by atoms with van der Waals surface area (Å²) in [4.78, 5) is 36.8. The van der Waals surface area contributed by atoms with E-state index in [1.54, 1.807) is 16.0 Å². The molecule has 3 amide bonds. The van der Waals surface area contributed by atoms with Gasteiger partial charge in [-0.3, -0.25) is 14.4 Å². The van der Waals surface area contributed by atoms with Crippen LogP contribution in [0.3, 0.4) is 0 Å². The number of carbonyl (C=O) groups is 3. The third kappa shape index (κ3) is 11.8. The minimum atomic E-state index is -0.778. The number of aliphatic hydroxyl groups excluding tert-OH is 1. The average Bonchev–Trinajstić information content (AvgIpc) is 3.94. The lowest BCUT2D eigenvalue weighted by molar-refractivity contribution is -0.126. The summed E-state index contributed by atoms with van der Waals surface area (Å²) >= 11 is 0. The van der Waals surface area contributed by atoms with E-state index in [9.17, 15) is 19.5 Å². The maximum Gasteiger partial charge on any atom is 0.223 e. The minimum Gasteiger partial charge on any atom is -0.391 e. The molecule has 0 aliphatic heterocycles. The molecule has 266 valence electrons. The topological polar surface area (TPSA) is 113 Å². The number of aliphatic hydroxyl groups is 1. The molecule has 1 fully saturated rings. The van der Waals surface area contributed by atoms with Gasteiger partial charge in [-0.2, -0.15) is 0 Å². The maximum absolute atomic E-state index is 12.3. The van der Waals surface area contributed by atoms with Gasteiger partial charge in [0.25, 0.3) is 0 Å². The molecule has 1 saturated carbocycles. The lowest BCUT2D eigenvalue weighted by atomic mass is 9.92. The van der Waals surface area contributed by atoms with Crippen molar-refractivity contribution in [1.29, 1.82) is 0 Å². The Morgan fingerprint density at radius 3 is 1.76 bits per heavy atom. The highest BCUT2D eigenvalue weighted by Crippen LogP contribution is 2.43. The van der Waals surface area contributed by atoms with Crippen LogP contribution in [0.4, 0.5) is 0 Å². The van der Waals surface area contributed by atoms with Crippen molar-refractivity contribution < 1.29 is 19.5 Å². The van der Waals surface area contributed by atoms with Crippen LogP contribution in [-0.2, 0) is 46.7 Å². The molecule has 3 aliphatic carbocycles. The van der Waals surface area contributed by atoms with Crippen LogP contribution in [0.25, 0.3) is 0 Å². The van der Waals surface area contributed by atoms with Crippen LogP contribution in [0, 0.1) is 23.7 Å². The fourth-order valence-corrected chi connectivity index (χ4v) is 7.32. The fourth-order valence-electron chi connectivity index (χ4n) is 7.32. The van der Waals surface area contributed by atoms with Crippen molar-refractivity contribution in [2.75, 3.05) is 6.54 Å². The Labute approximate surface area is 302 Å². The standard InChI is InChI=1S/C20H26N2O3.C15H15NO.C9H10/c21-19(24)16(8-13-4-2-1-3-5-13)11-17(23)12-22-20(25)18-10-14-6-7-15(18)9-14;17-13-16(11-14-7-3-1-4-8-14)12-15-9-5-2-6-10-15;1-2-5-9-7-3-6-8(9)4-1/h1-7,14-18,23H,8-12H2,(H2,21,24)(H,22,25);1-10,13H,11-12H2;1-2,4-5H,3,6-7H2/t14-,15+,16-,17+,18?;;/m1../s1. The first-order valence-electron chi connectivity index (χ1n) is 18.2. The van der Waals surface area contributed by atoms with Gasteiger partial charge < -0.3 is 21.1 Å². The molecule has 7 heteroatoms. The Kier molecular flexibility index (Phi) is 14.2. The van der Waals surface area contributed by atoms with Crippen LogP contribution in [0.5, 0.6) is 0 Å². The van der Waals surface area contributed by atoms with Gasteiger partial charge in [-0.05, 0) is 84.6 Å². The van der Waals surface area contributed by atoms with Crippen LogP contribution in [0.2, 0.25) is 0 Å². The molecule has 7 rings (SSSR count). The molecule has 3 aliphatic rings. The summed E-state index contributed by atoms with van der Waals surface area (Å²) in [6, 6.07) is 38.4. The summed E-state index contributed by atoms with van der Waals surface area (Å²) < 4.78 is 0.